The highest BCUT2D eigenvalue weighted by atomic mass is 19.1. The second-order valence-electron chi connectivity index (χ2n) is 4.72. The summed E-state index contributed by atoms with van der Waals surface area (Å²) in [7, 11) is 0. The third kappa shape index (κ3) is 2.83. The van der Waals surface area contributed by atoms with Crippen molar-refractivity contribution in [3.8, 4) is 6.07 Å². The number of halogens is 1. The maximum Gasteiger partial charge on any atom is 0.127 e. The van der Waals surface area contributed by atoms with E-state index < -0.39 is 0 Å². The number of nitriles is 1. The van der Waals surface area contributed by atoms with Crippen LogP contribution in [0.5, 0.6) is 0 Å². The minimum atomic E-state index is -0.205. The number of benzene rings is 1. The maximum atomic E-state index is 13.6. The molecule has 0 bridgehead atoms. The molecule has 0 spiro atoms. The van der Waals surface area contributed by atoms with E-state index >= 15 is 0 Å². The molecule has 1 aromatic carbocycles. The zero-order valence-electron chi connectivity index (χ0n) is 10.1. The quantitative estimate of drug-likeness (QED) is 0.801. The van der Waals surface area contributed by atoms with Crippen molar-refractivity contribution in [2.24, 2.45) is 5.92 Å². The average molecular weight is 232 g/mol. The summed E-state index contributed by atoms with van der Waals surface area (Å²) in [5, 5.41) is 8.81. The molecule has 3 heteroatoms. The summed E-state index contributed by atoms with van der Waals surface area (Å²) in [4.78, 5) is 2.27. The molecule has 1 aromatic rings. The summed E-state index contributed by atoms with van der Waals surface area (Å²) in [6, 6.07) is 6.63. The Morgan fingerprint density at radius 1 is 1.53 bits per heavy atom. The molecule has 0 radical (unpaired) electrons. The van der Waals surface area contributed by atoms with Crippen molar-refractivity contribution in [2.45, 2.75) is 26.3 Å². The fourth-order valence-corrected chi connectivity index (χ4v) is 2.40. The number of rotatable bonds is 3. The number of nitrogens with zero attached hydrogens (tertiary/aromatic N) is 2. The van der Waals surface area contributed by atoms with Crippen LogP contribution in [-0.4, -0.2) is 18.0 Å². The minimum Gasteiger partial charge on any atom is -0.299 e. The largest absolute Gasteiger partial charge is 0.299 e. The van der Waals surface area contributed by atoms with Crippen molar-refractivity contribution in [2.75, 3.05) is 13.1 Å². The standard InChI is InChI=1S/C14H17FN2/c1-2-11-5-6-17(9-11)10-13-7-12(8-16)3-4-14(13)15/h3-4,7,11H,2,5-6,9-10H2,1H3. The molecule has 1 unspecified atom stereocenters. The van der Waals surface area contributed by atoms with Crippen LogP contribution < -0.4 is 0 Å². The predicted octanol–water partition coefficient (Wildman–Crippen LogP) is 2.93. The van der Waals surface area contributed by atoms with Gasteiger partial charge in [0.15, 0.2) is 0 Å². The summed E-state index contributed by atoms with van der Waals surface area (Å²) in [5.41, 5.74) is 1.17. The average Bonchev–Trinajstić information content (AvgIpc) is 2.80. The number of hydrogen-bond acceptors (Lipinski definition) is 2. The molecule has 1 aliphatic rings. The second-order valence-corrected chi connectivity index (χ2v) is 4.72. The van der Waals surface area contributed by atoms with E-state index in [0.717, 1.165) is 19.0 Å². The van der Waals surface area contributed by atoms with Crippen LogP contribution in [0.1, 0.15) is 30.9 Å². The van der Waals surface area contributed by atoms with Gasteiger partial charge in [0.05, 0.1) is 11.6 Å². The van der Waals surface area contributed by atoms with Gasteiger partial charge in [0.25, 0.3) is 0 Å². The summed E-state index contributed by atoms with van der Waals surface area (Å²) < 4.78 is 13.6. The van der Waals surface area contributed by atoms with E-state index in [0.29, 0.717) is 17.7 Å². The van der Waals surface area contributed by atoms with Crippen LogP contribution in [0, 0.1) is 23.1 Å². The SMILES string of the molecule is CCC1CCN(Cc2cc(C#N)ccc2F)C1. The number of likely N-dealkylation sites (tertiary alicyclic amines) is 1. The van der Waals surface area contributed by atoms with Crippen molar-refractivity contribution >= 4 is 0 Å². The van der Waals surface area contributed by atoms with Crippen molar-refractivity contribution in [1.82, 2.24) is 4.90 Å². The monoisotopic (exact) mass is 232 g/mol. The van der Waals surface area contributed by atoms with Gasteiger partial charge in [0.1, 0.15) is 5.82 Å². The third-order valence-corrected chi connectivity index (χ3v) is 3.52. The van der Waals surface area contributed by atoms with Crippen molar-refractivity contribution in [3.05, 3.63) is 35.1 Å². The molecule has 0 aromatic heterocycles. The van der Waals surface area contributed by atoms with Gasteiger partial charge in [0, 0.05) is 18.7 Å². The van der Waals surface area contributed by atoms with Gasteiger partial charge in [-0.25, -0.2) is 4.39 Å². The lowest BCUT2D eigenvalue weighted by Crippen LogP contribution is -2.20. The van der Waals surface area contributed by atoms with Gasteiger partial charge in [-0.1, -0.05) is 13.3 Å². The summed E-state index contributed by atoms with van der Waals surface area (Å²) >= 11 is 0. The molecule has 1 aliphatic heterocycles. The molecule has 0 N–H and O–H groups in total. The zero-order valence-corrected chi connectivity index (χ0v) is 10.1. The van der Waals surface area contributed by atoms with Crippen LogP contribution in [0.3, 0.4) is 0 Å². The summed E-state index contributed by atoms with van der Waals surface area (Å²) in [6.45, 7) is 4.91. The predicted molar refractivity (Wildman–Crippen MR) is 64.8 cm³/mol. The molecule has 1 saturated heterocycles. The minimum absolute atomic E-state index is 0.205. The van der Waals surface area contributed by atoms with E-state index in [2.05, 4.69) is 17.9 Å². The highest BCUT2D eigenvalue weighted by Gasteiger charge is 2.21. The van der Waals surface area contributed by atoms with Crippen molar-refractivity contribution in [3.63, 3.8) is 0 Å². The molecule has 0 saturated carbocycles. The van der Waals surface area contributed by atoms with E-state index in [9.17, 15) is 4.39 Å². The van der Waals surface area contributed by atoms with Crippen LogP contribution >= 0.6 is 0 Å². The second kappa shape index (κ2) is 5.29. The Bertz CT molecular complexity index is 436. The summed E-state index contributed by atoms with van der Waals surface area (Å²) in [6.07, 6.45) is 2.40. The molecular weight excluding hydrogens is 215 g/mol. The molecule has 0 amide bonds. The molecule has 90 valence electrons. The van der Waals surface area contributed by atoms with Crippen molar-refractivity contribution < 1.29 is 4.39 Å². The van der Waals surface area contributed by atoms with E-state index in [1.165, 1.54) is 25.0 Å². The molecule has 1 atom stereocenters. The Kier molecular flexibility index (Phi) is 3.75. The fraction of sp³-hybridized carbons (Fsp3) is 0.500. The fourth-order valence-electron chi connectivity index (χ4n) is 2.40. The lowest BCUT2D eigenvalue weighted by molar-refractivity contribution is 0.310. The van der Waals surface area contributed by atoms with E-state index in [4.69, 9.17) is 5.26 Å². The van der Waals surface area contributed by atoms with Crippen LogP contribution in [0.4, 0.5) is 4.39 Å². The zero-order chi connectivity index (χ0) is 12.3. The van der Waals surface area contributed by atoms with Gasteiger partial charge < -0.3 is 0 Å². The Hall–Kier alpha value is -1.40. The molecule has 0 aliphatic carbocycles. The van der Waals surface area contributed by atoms with E-state index in [-0.39, 0.29) is 5.82 Å². The Morgan fingerprint density at radius 2 is 2.35 bits per heavy atom. The third-order valence-electron chi connectivity index (χ3n) is 3.52. The van der Waals surface area contributed by atoms with Gasteiger partial charge in [0.2, 0.25) is 0 Å². The first kappa shape index (κ1) is 12.1. The van der Waals surface area contributed by atoms with Gasteiger partial charge in [-0.15, -0.1) is 0 Å². The Balaban J connectivity index is 2.06. The van der Waals surface area contributed by atoms with Crippen LogP contribution in [0.2, 0.25) is 0 Å². The first-order valence-electron chi connectivity index (χ1n) is 6.13. The van der Waals surface area contributed by atoms with Crippen LogP contribution in [-0.2, 0) is 6.54 Å². The molecule has 2 rings (SSSR count). The van der Waals surface area contributed by atoms with Crippen LogP contribution in [0.15, 0.2) is 18.2 Å². The van der Waals surface area contributed by atoms with Gasteiger partial charge in [-0.05, 0) is 37.1 Å². The van der Waals surface area contributed by atoms with E-state index in [1.807, 2.05) is 0 Å². The van der Waals surface area contributed by atoms with Crippen molar-refractivity contribution in [1.29, 1.82) is 5.26 Å². The maximum absolute atomic E-state index is 13.6. The molecule has 1 heterocycles. The highest BCUT2D eigenvalue weighted by molar-refractivity contribution is 5.33. The van der Waals surface area contributed by atoms with Gasteiger partial charge in [-0.2, -0.15) is 5.26 Å². The van der Waals surface area contributed by atoms with Gasteiger partial charge >= 0.3 is 0 Å². The van der Waals surface area contributed by atoms with Crippen LogP contribution in [0.25, 0.3) is 0 Å². The van der Waals surface area contributed by atoms with E-state index in [1.54, 1.807) is 6.07 Å². The lowest BCUT2D eigenvalue weighted by atomic mass is 10.1. The normalized spacial score (nSPS) is 20.4. The Labute approximate surface area is 102 Å². The Morgan fingerprint density at radius 3 is 3.00 bits per heavy atom. The molecular formula is C14H17FN2. The molecule has 2 nitrogen and oxygen atoms in total. The molecule has 17 heavy (non-hydrogen) atoms. The topological polar surface area (TPSA) is 27.0 Å². The van der Waals surface area contributed by atoms with Gasteiger partial charge in [-0.3, -0.25) is 4.90 Å². The lowest BCUT2D eigenvalue weighted by Gasteiger charge is -2.16. The highest BCUT2D eigenvalue weighted by Crippen LogP contribution is 2.22. The first-order valence-corrected chi connectivity index (χ1v) is 6.13. The smallest absolute Gasteiger partial charge is 0.127 e. The first-order chi connectivity index (χ1) is 8.22. The number of hydrogen-bond donors (Lipinski definition) is 0. The molecule has 1 fully saturated rings. The summed E-state index contributed by atoms with van der Waals surface area (Å²) in [5.74, 6) is 0.543.